The number of benzene rings is 1. The van der Waals surface area contributed by atoms with Gasteiger partial charge in [-0.2, -0.15) is 0 Å². The minimum atomic E-state index is -1.14. The van der Waals surface area contributed by atoms with E-state index >= 15 is 0 Å². The van der Waals surface area contributed by atoms with Gasteiger partial charge in [-0.15, -0.1) is 0 Å². The fourth-order valence-electron chi connectivity index (χ4n) is 2.57. The number of hydrogen-bond donors (Lipinski definition) is 0. The molecule has 0 aromatic heterocycles. The van der Waals surface area contributed by atoms with Gasteiger partial charge in [0.2, 0.25) is 0 Å². The summed E-state index contributed by atoms with van der Waals surface area (Å²) in [6.07, 6.45) is 14.3. The van der Waals surface area contributed by atoms with Gasteiger partial charge in [0, 0.05) is 0 Å². The number of hydrogen-bond acceptors (Lipinski definition) is 0. The van der Waals surface area contributed by atoms with Gasteiger partial charge in [-0.1, -0.05) is 74.3 Å². The molecule has 1 heterocycles. The summed E-state index contributed by atoms with van der Waals surface area (Å²) in [5.74, 6) is 2.38. The topological polar surface area (TPSA) is 0 Å². The van der Waals surface area contributed by atoms with Crippen molar-refractivity contribution in [3.8, 4) is 0 Å². The average Bonchev–Trinajstić information content (AvgIpc) is 2.48. The first-order chi connectivity index (χ1) is 10.1. The Balaban J connectivity index is 2.49. The lowest BCUT2D eigenvalue weighted by Gasteiger charge is -2.20. The lowest BCUT2D eigenvalue weighted by Crippen LogP contribution is -2.02. The fourth-order valence-corrected chi connectivity index (χ4v) is 4.54. The molecular formula is C20H25P. The Bertz CT molecular complexity index is 676. The van der Waals surface area contributed by atoms with E-state index in [0.717, 1.165) is 6.42 Å². The fraction of sp³-hybridized carbons (Fsp3) is 0.250. The van der Waals surface area contributed by atoms with Crippen LogP contribution >= 0.6 is 6.89 Å². The molecule has 0 saturated carbocycles. The zero-order chi connectivity index (χ0) is 15.3. The van der Waals surface area contributed by atoms with Gasteiger partial charge in [0.1, 0.15) is 0 Å². The van der Waals surface area contributed by atoms with Crippen LogP contribution in [0.5, 0.6) is 0 Å². The van der Waals surface area contributed by atoms with Gasteiger partial charge < -0.3 is 0 Å². The largest absolute Gasteiger partial charge is 0.0842 e. The van der Waals surface area contributed by atoms with Crippen molar-refractivity contribution in [1.82, 2.24) is 0 Å². The molecule has 21 heavy (non-hydrogen) atoms. The molecule has 2 rings (SSSR count). The van der Waals surface area contributed by atoms with Crippen LogP contribution in [0.3, 0.4) is 0 Å². The second kappa shape index (κ2) is 6.96. The molecule has 1 aliphatic rings. The molecule has 1 aromatic rings. The standard InChI is InChI=1S/C20H25P/c1-5-7-11-17(6-2)18-12-10-13-19(16-18)20-14-8-9-15-21(20,3)4/h6-16H,5H2,1-4H3/b11-7-,17-6+. The van der Waals surface area contributed by atoms with E-state index in [1.807, 2.05) is 0 Å². The Morgan fingerprint density at radius 3 is 2.67 bits per heavy atom. The maximum absolute atomic E-state index is 2.38. The molecule has 0 spiro atoms. The van der Waals surface area contributed by atoms with Gasteiger partial charge in [0.25, 0.3) is 0 Å². The van der Waals surface area contributed by atoms with Crippen LogP contribution in [0, 0.1) is 0 Å². The van der Waals surface area contributed by atoms with Crippen molar-refractivity contribution in [2.24, 2.45) is 0 Å². The third-order valence-electron chi connectivity index (χ3n) is 3.78. The summed E-state index contributed by atoms with van der Waals surface area (Å²) in [4.78, 5) is 0. The zero-order valence-corrected chi connectivity index (χ0v) is 14.4. The van der Waals surface area contributed by atoms with Crippen molar-refractivity contribution < 1.29 is 0 Å². The molecule has 0 saturated heterocycles. The Hall–Kier alpha value is -1.52. The van der Waals surface area contributed by atoms with Crippen LogP contribution in [0.2, 0.25) is 0 Å². The normalized spacial score (nSPS) is 17.7. The summed E-state index contributed by atoms with van der Waals surface area (Å²) in [7, 11) is 0. The van der Waals surface area contributed by atoms with Crippen LogP contribution in [-0.4, -0.2) is 18.6 Å². The van der Waals surface area contributed by atoms with E-state index in [0.29, 0.717) is 0 Å². The van der Waals surface area contributed by atoms with Crippen molar-refractivity contribution in [3.05, 3.63) is 77.7 Å². The van der Waals surface area contributed by atoms with Crippen LogP contribution in [0.15, 0.2) is 66.5 Å². The molecule has 0 aliphatic carbocycles. The summed E-state index contributed by atoms with van der Waals surface area (Å²) >= 11 is 0. The highest BCUT2D eigenvalue weighted by molar-refractivity contribution is 7.78. The second-order valence-corrected chi connectivity index (χ2v) is 9.62. The SMILES string of the molecule is C/C=C(\C=C/CC)c1cccc(C2=P(C)(C)C=CC=C2)c1. The molecule has 0 radical (unpaired) electrons. The Morgan fingerprint density at radius 1 is 1.19 bits per heavy atom. The predicted molar refractivity (Wildman–Crippen MR) is 101 cm³/mol. The predicted octanol–water partition coefficient (Wildman–Crippen LogP) is 5.94. The van der Waals surface area contributed by atoms with Crippen molar-refractivity contribution in [1.29, 1.82) is 0 Å². The van der Waals surface area contributed by atoms with Crippen LogP contribution in [0.1, 0.15) is 31.4 Å². The third kappa shape index (κ3) is 3.77. The third-order valence-corrected chi connectivity index (χ3v) is 6.35. The lowest BCUT2D eigenvalue weighted by molar-refractivity contribution is 1.22. The van der Waals surface area contributed by atoms with E-state index < -0.39 is 6.89 Å². The Kier molecular flexibility index (Phi) is 5.26. The molecule has 0 N–H and O–H groups in total. The molecule has 110 valence electrons. The van der Waals surface area contributed by atoms with Gasteiger partial charge >= 0.3 is 0 Å². The van der Waals surface area contributed by atoms with Crippen LogP contribution in [0.4, 0.5) is 0 Å². The van der Waals surface area contributed by atoms with Crippen molar-refractivity contribution in [2.75, 3.05) is 13.3 Å². The highest BCUT2D eigenvalue weighted by atomic mass is 31.2. The molecule has 0 amide bonds. The van der Waals surface area contributed by atoms with Gasteiger partial charge in [-0.05, 0) is 54.7 Å². The monoisotopic (exact) mass is 296 g/mol. The number of rotatable bonds is 4. The molecule has 1 aromatic carbocycles. The molecular weight excluding hydrogens is 271 g/mol. The van der Waals surface area contributed by atoms with Crippen LogP contribution in [-0.2, 0) is 0 Å². The summed E-state index contributed by atoms with van der Waals surface area (Å²) in [5, 5.41) is 1.49. The van der Waals surface area contributed by atoms with Crippen molar-refractivity contribution in [2.45, 2.75) is 20.3 Å². The molecule has 0 nitrogen and oxygen atoms in total. The van der Waals surface area contributed by atoms with E-state index in [1.165, 1.54) is 22.0 Å². The van der Waals surface area contributed by atoms with Crippen LogP contribution < -0.4 is 0 Å². The zero-order valence-electron chi connectivity index (χ0n) is 13.5. The minimum Gasteiger partial charge on any atom is -0.0842 e. The quantitative estimate of drug-likeness (QED) is 0.476. The maximum atomic E-state index is 2.38. The first-order valence-corrected chi connectivity index (χ1v) is 10.3. The second-order valence-electron chi connectivity index (χ2n) is 5.76. The lowest BCUT2D eigenvalue weighted by atomic mass is 10.0. The number of allylic oxidation sites excluding steroid dienone is 7. The molecule has 1 heteroatoms. The minimum absolute atomic E-state index is 1.07. The molecule has 0 bridgehead atoms. The maximum Gasteiger partial charge on any atom is -0.0174 e. The van der Waals surface area contributed by atoms with Gasteiger partial charge in [0.05, 0.1) is 0 Å². The smallest absolute Gasteiger partial charge is 0.0174 e. The van der Waals surface area contributed by atoms with Gasteiger partial charge in [0.15, 0.2) is 0 Å². The Morgan fingerprint density at radius 2 is 2.00 bits per heavy atom. The summed E-state index contributed by atoms with van der Waals surface area (Å²) in [5.41, 5.74) is 3.96. The first-order valence-electron chi connectivity index (χ1n) is 7.59. The Labute approximate surface area is 129 Å². The summed E-state index contributed by atoms with van der Waals surface area (Å²) < 4.78 is 0. The van der Waals surface area contributed by atoms with Gasteiger partial charge in [-0.3, -0.25) is 0 Å². The molecule has 0 atom stereocenters. The van der Waals surface area contributed by atoms with Gasteiger partial charge in [-0.25, -0.2) is 0 Å². The van der Waals surface area contributed by atoms with E-state index in [9.17, 15) is 0 Å². The van der Waals surface area contributed by atoms with Crippen molar-refractivity contribution in [3.63, 3.8) is 0 Å². The van der Waals surface area contributed by atoms with Crippen molar-refractivity contribution >= 4 is 17.8 Å². The summed E-state index contributed by atoms with van der Waals surface area (Å²) in [6.45, 7) is 7.89. The first kappa shape index (κ1) is 15.9. The van der Waals surface area contributed by atoms with E-state index in [2.05, 4.69) is 93.7 Å². The van der Waals surface area contributed by atoms with E-state index in [4.69, 9.17) is 0 Å². The highest BCUT2D eigenvalue weighted by Crippen LogP contribution is 2.46. The molecule has 0 fully saturated rings. The van der Waals surface area contributed by atoms with E-state index in [1.54, 1.807) is 0 Å². The van der Waals surface area contributed by atoms with Crippen LogP contribution in [0.25, 0.3) is 5.57 Å². The van der Waals surface area contributed by atoms with E-state index in [-0.39, 0.29) is 0 Å². The average molecular weight is 296 g/mol. The molecule has 0 unspecified atom stereocenters. The molecule has 1 aliphatic heterocycles. The summed E-state index contributed by atoms with van der Waals surface area (Å²) in [6, 6.07) is 8.94. The highest BCUT2D eigenvalue weighted by Gasteiger charge is 2.12.